The average Bonchev–Trinajstić information content (AvgIpc) is 3.27. The maximum atomic E-state index is 13.4. The molecular weight excluding hydrogens is 892 g/mol. The fourth-order valence-corrected chi connectivity index (χ4v) is 7.82. The summed E-state index contributed by atoms with van der Waals surface area (Å²) in [6, 6.07) is 9.06. The molecule has 0 aromatic heterocycles. The van der Waals surface area contributed by atoms with Crippen LogP contribution in [0.3, 0.4) is 0 Å². The summed E-state index contributed by atoms with van der Waals surface area (Å²) in [5, 5.41) is 167. The zero-order valence-electron chi connectivity index (χ0n) is 33.8. The first-order valence-corrected chi connectivity index (χ1v) is 19.5. The third-order valence-electron chi connectivity index (χ3n) is 11.2. The lowest BCUT2D eigenvalue weighted by Gasteiger charge is -2.35. The Hall–Kier alpha value is -9.34. The van der Waals surface area contributed by atoms with Gasteiger partial charge in [-0.1, -0.05) is 0 Å². The number of carbonyl (C=O) groups excluding carboxylic acids is 2. The first kappa shape index (κ1) is 44.3. The number of rotatable bonds is 8. The van der Waals surface area contributed by atoms with E-state index >= 15 is 0 Å². The van der Waals surface area contributed by atoms with E-state index in [0.717, 1.165) is 60.7 Å². The second kappa shape index (κ2) is 16.3. The molecule has 6 aromatic rings. The molecular formula is C45H36O22. The van der Waals surface area contributed by atoms with Crippen molar-refractivity contribution in [2.24, 2.45) is 0 Å². The van der Waals surface area contributed by atoms with Gasteiger partial charge < -0.3 is 101 Å². The number of hydrogen-bond donors (Lipinski definition) is 16. The van der Waals surface area contributed by atoms with Crippen LogP contribution in [0.25, 0.3) is 0 Å². The van der Waals surface area contributed by atoms with E-state index in [-0.39, 0.29) is 44.9 Å². The minimum absolute atomic E-state index is 0.0913. The molecule has 6 aromatic carbocycles. The molecule has 0 bridgehead atoms. The summed E-state index contributed by atoms with van der Waals surface area (Å²) in [5.41, 5.74) is -2.06. The third kappa shape index (κ3) is 7.87. The molecule has 348 valence electrons. The molecule has 0 amide bonds. The number of esters is 2. The Labute approximate surface area is 373 Å². The highest BCUT2D eigenvalue weighted by Gasteiger charge is 2.41. The highest BCUT2D eigenvalue weighted by atomic mass is 16.6. The topological polar surface area (TPSA) is 395 Å². The molecule has 0 spiro atoms. The predicted molar refractivity (Wildman–Crippen MR) is 221 cm³/mol. The second-order valence-electron chi connectivity index (χ2n) is 15.5. The van der Waals surface area contributed by atoms with Crippen LogP contribution in [-0.4, -0.2) is 106 Å². The molecule has 22 nitrogen and oxygen atoms in total. The molecule has 0 radical (unpaired) electrons. The van der Waals surface area contributed by atoms with Gasteiger partial charge in [-0.2, -0.15) is 0 Å². The standard InChI is InChI=1S/C45H36O22/c46-22-12-32-20(10-34(42(64-32)14-1-24(48)38(58)25(49)2-14)66-44(62)16-5-28(52)40(60)29(53)6-16)36(56)18(22)9-19-23(47)13-33-21(37(19)57)11-35(43(65-33)15-3-26(50)39(59)27(51)4-15)67-45(63)17-7-30(54)41(61)31(55)8-17/h1-8,12-13,34-35,42-43,46-61H,9-11H2/t34-,35-,42-,43?/m1/s1. The second-order valence-corrected chi connectivity index (χ2v) is 15.5. The highest BCUT2D eigenvalue weighted by Crippen LogP contribution is 2.52. The predicted octanol–water partition coefficient (Wildman–Crippen LogP) is 4.37. The molecule has 22 heteroatoms. The molecule has 2 aliphatic rings. The van der Waals surface area contributed by atoms with Crippen LogP contribution in [0.15, 0.2) is 60.7 Å². The smallest absolute Gasteiger partial charge is 0.338 e. The molecule has 0 fully saturated rings. The fraction of sp³-hybridized carbons (Fsp3) is 0.156. The number of ether oxygens (including phenoxy) is 4. The summed E-state index contributed by atoms with van der Waals surface area (Å²) in [7, 11) is 0. The van der Waals surface area contributed by atoms with Crippen molar-refractivity contribution in [3.05, 3.63) is 105 Å². The first-order chi connectivity index (χ1) is 31.6. The lowest BCUT2D eigenvalue weighted by molar-refractivity contribution is -0.0192. The number of carbonyl (C=O) groups is 2. The normalized spacial score (nSPS) is 17.3. The molecule has 67 heavy (non-hydrogen) atoms. The van der Waals surface area contributed by atoms with Gasteiger partial charge in [-0.05, 0) is 48.5 Å². The Morgan fingerprint density at radius 3 is 0.985 bits per heavy atom. The Morgan fingerprint density at radius 1 is 0.403 bits per heavy atom. The van der Waals surface area contributed by atoms with Crippen LogP contribution < -0.4 is 9.47 Å². The summed E-state index contributed by atoms with van der Waals surface area (Å²) in [6.07, 6.45) is -7.53. The quantitative estimate of drug-likeness (QED) is 0.0744. The van der Waals surface area contributed by atoms with Gasteiger partial charge in [0.25, 0.3) is 0 Å². The summed E-state index contributed by atoms with van der Waals surface area (Å²) in [5.74, 6) is -16.1. The van der Waals surface area contributed by atoms with Crippen molar-refractivity contribution in [3.63, 3.8) is 0 Å². The molecule has 0 saturated carbocycles. The Balaban J connectivity index is 1.16. The number of phenols is 16. The van der Waals surface area contributed by atoms with Crippen molar-refractivity contribution in [2.45, 2.75) is 43.7 Å². The fourth-order valence-electron chi connectivity index (χ4n) is 7.82. The summed E-state index contributed by atoms with van der Waals surface area (Å²) >= 11 is 0. The maximum absolute atomic E-state index is 13.4. The van der Waals surface area contributed by atoms with Crippen molar-refractivity contribution in [1.82, 2.24) is 0 Å². The van der Waals surface area contributed by atoms with Crippen molar-refractivity contribution in [3.8, 4) is 103 Å². The van der Waals surface area contributed by atoms with Gasteiger partial charge in [0.05, 0.1) is 11.1 Å². The molecule has 0 aliphatic carbocycles. The number of phenolic OH excluding ortho intramolecular Hbond substituents is 16. The molecule has 0 saturated heterocycles. The lowest BCUT2D eigenvalue weighted by atomic mass is 9.88. The van der Waals surface area contributed by atoms with Crippen LogP contribution in [-0.2, 0) is 28.7 Å². The number of benzene rings is 6. The van der Waals surface area contributed by atoms with Gasteiger partial charge in [0.1, 0.15) is 46.7 Å². The van der Waals surface area contributed by atoms with Gasteiger partial charge in [-0.15, -0.1) is 0 Å². The SMILES string of the molecule is O=C(O[C@@H]1Cc2c(cc(O)c(Cc3c(O)cc4c(c3O)C[C@@H](OC(=O)c3cc(O)c(O)c(O)c3)[C@@H](c3cc(O)c(O)c(O)c3)O4)c2O)OC1c1cc(O)c(O)c(O)c1)c1cc(O)c(O)c(O)c1. The Kier molecular flexibility index (Phi) is 10.8. The Morgan fingerprint density at radius 2 is 0.687 bits per heavy atom. The zero-order valence-corrected chi connectivity index (χ0v) is 33.8. The molecule has 4 atom stereocenters. The van der Waals surface area contributed by atoms with Crippen LogP contribution in [0.1, 0.15) is 66.3 Å². The van der Waals surface area contributed by atoms with Crippen LogP contribution in [0.5, 0.6) is 103 Å². The monoisotopic (exact) mass is 928 g/mol. The van der Waals surface area contributed by atoms with E-state index in [4.69, 9.17) is 18.9 Å². The van der Waals surface area contributed by atoms with Crippen molar-refractivity contribution in [2.75, 3.05) is 0 Å². The molecule has 2 heterocycles. The van der Waals surface area contributed by atoms with Crippen LogP contribution >= 0.6 is 0 Å². The van der Waals surface area contributed by atoms with Crippen molar-refractivity contribution >= 4 is 11.9 Å². The van der Waals surface area contributed by atoms with E-state index in [2.05, 4.69) is 0 Å². The summed E-state index contributed by atoms with van der Waals surface area (Å²) in [4.78, 5) is 26.8. The van der Waals surface area contributed by atoms with E-state index in [1.807, 2.05) is 0 Å². The van der Waals surface area contributed by atoms with E-state index in [9.17, 15) is 91.3 Å². The van der Waals surface area contributed by atoms with Crippen LogP contribution in [0.4, 0.5) is 0 Å². The van der Waals surface area contributed by atoms with Gasteiger partial charge in [-0.25, -0.2) is 9.59 Å². The van der Waals surface area contributed by atoms with E-state index in [1.165, 1.54) is 0 Å². The number of fused-ring (bicyclic) bond motifs is 2. The van der Waals surface area contributed by atoms with Crippen molar-refractivity contribution in [1.29, 1.82) is 0 Å². The molecule has 8 rings (SSSR count). The highest BCUT2D eigenvalue weighted by molar-refractivity contribution is 5.92. The molecule has 1 unspecified atom stereocenters. The van der Waals surface area contributed by atoms with Crippen molar-refractivity contribution < 1.29 is 110 Å². The largest absolute Gasteiger partial charge is 0.507 e. The van der Waals surface area contributed by atoms with Crippen LogP contribution in [0, 0.1) is 0 Å². The molecule has 16 N–H and O–H groups in total. The van der Waals surface area contributed by atoms with Crippen LogP contribution in [0.2, 0.25) is 0 Å². The van der Waals surface area contributed by atoms with E-state index in [1.54, 1.807) is 0 Å². The van der Waals surface area contributed by atoms with Gasteiger partial charge in [0, 0.05) is 64.8 Å². The van der Waals surface area contributed by atoms with Gasteiger partial charge in [0.2, 0.25) is 0 Å². The lowest BCUT2D eigenvalue weighted by Crippen LogP contribution is -2.35. The van der Waals surface area contributed by atoms with E-state index in [0.29, 0.717) is 0 Å². The number of hydrogen-bond acceptors (Lipinski definition) is 22. The zero-order chi connectivity index (χ0) is 48.5. The minimum Gasteiger partial charge on any atom is -0.507 e. The average molecular weight is 929 g/mol. The van der Waals surface area contributed by atoms with E-state index < -0.39 is 159 Å². The Bertz CT molecular complexity index is 2760. The van der Waals surface area contributed by atoms with Gasteiger partial charge in [0.15, 0.2) is 81.2 Å². The number of aromatic hydroxyl groups is 16. The van der Waals surface area contributed by atoms with Gasteiger partial charge in [-0.3, -0.25) is 0 Å². The third-order valence-corrected chi connectivity index (χ3v) is 11.2. The maximum Gasteiger partial charge on any atom is 0.338 e. The summed E-state index contributed by atoms with van der Waals surface area (Å²) in [6.45, 7) is 0. The summed E-state index contributed by atoms with van der Waals surface area (Å²) < 4.78 is 23.5. The molecule has 2 aliphatic heterocycles. The minimum atomic E-state index is -1.51. The first-order valence-electron chi connectivity index (χ1n) is 19.5. The van der Waals surface area contributed by atoms with Gasteiger partial charge >= 0.3 is 11.9 Å².